The van der Waals surface area contributed by atoms with Crippen molar-refractivity contribution in [2.75, 3.05) is 24.6 Å². The minimum absolute atomic E-state index is 0.156. The van der Waals surface area contributed by atoms with E-state index in [4.69, 9.17) is 4.74 Å². The highest BCUT2D eigenvalue weighted by Gasteiger charge is 2.34. The summed E-state index contributed by atoms with van der Waals surface area (Å²) in [6, 6.07) is 31.9. The van der Waals surface area contributed by atoms with E-state index in [1.807, 2.05) is 36.4 Å². The van der Waals surface area contributed by atoms with Crippen molar-refractivity contribution < 1.29 is 23.7 Å². The molecule has 5 rings (SSSR count). The number of carbonyl (C=O) groups excluding carboxylic acids is 3. The van der Waals surface area contributed by atoms with Crippen molar-refractivity contribution in [1.29, 1.82) is 0 Å². The zero-order chi connectivity index (χ0) is 27.2. The first kappa shape index (κ1) is 26.1. The molecule has 1 aliphatic rings. The van der Waals surface area contributed by atoms with Crippen molar-refractivity contribution >= 4 is 41.2 Å². The fourth-order valence-electron chi connectivity index (χ4n) is 4.56. The fourth-order valence-corrected chi connectivity index (χ4v) is 7.02. The molecule has 0 spiro atoms. The van der Waals surface area contributed by atoms with Crippen molar-refractivity contribution in [1.82, 2.24) is 4.90 Å². The van der Waals surface area contributed by atoms with Crippen molar-refractivity contribution in [3.8, 4) is 5.75 Å². The number of carbonyl (C=O) groups is 3. The normalized spacial score (nSPS) is 12.8. The van der Waals surface area contributed by atoms with Gasteiger partial charge in [-0.05, 0) is 42.8 Å². The molecule has 0 radical (unpaired) electrons. The second-order valence-corrected chi connectivity index (χ2v) is 12.0. The van der Waals surface area contributed by atoms with Gasteiger partial charge in [-0.2, -0.15) is 0 Å². The van der Waals surface area contributed by atoms with Crippen LogP contribution in [0.15, 0.2) is 109 Å². The molecule has 0 atom stereocenters. The van der Waals surface area contributed by atoms with Gasteiger partial charge in [-0.1, -0.05) is 72.8 Å². The Kier molecular flexibility index (Phi) is 7.71. The van der Waals surface area contributed by atoms with Gasteiger partial charge in [0.15, 0.2) is 7.14 Å². The Bertz CT molecular complexity index is 1460. The summed E-state index contributed by atoms with van der Waals surface area (Å²) in [5.74, 6) is -0.310. The van der Waals surface area contributed by atoms with E-state index in [1.54, 1.807) is 72.8 Å². The third kappa shape index (κ3) is 5.69. The molecule has 0 fully saturated rings. The van der Waals surface area contributed by atoms with E-state index < -0.39 is 7.14 Å². The highest BCUT2D eigenvalue weighted by molar-refractivity contribution is 7.79. The van der Waals surface area contributed by atoms with Crippen LogP contribution < -0.4 is 20.7 Å². The van der Waals surface area contributed by atoms with Gasteiger partial charge in [0.1, 0.15) is 5.75 Å². The molecule has 1 N–H and O–H groups in total. The van der Waals surface area contributed by atoms with Crippen molar-refractivity contribution in [2.45, 2.75) is 6.42 Å². The highest BCUT2D eigenvalue weighted by Crippen LogP contribution is 2.43. The summed E-state index contributed by atoms with van der Waals surface area (Å²) >= 11 is 0. The van der Waals surface area contributed by atoms with Gasteiger partial charge < -0.3 is 14.6 Å². The molecule has 0 aliphatic carbocycles. The lowest BCUT2D eigenvalue weighted by Crippen LogP contribution is -2.31. The van der Waals surface area contributed by atoms with Crippen LogP contribution in [-0.2, 0) is 9.36 Å². The molecule has 7 nitrogen and oxygen atoms in total. The average Bonchev–Trinajstić information content (AvgIpc) is 3.22. The summed E-state index contributed by atoms with van der Waals surface area (Å²) in [7, 11) is -3.17. The van der Waals surface area contributed by atoms with E-state index in [-0.39, 0.29) is 30.4 Å². The topological polar surface area (TPSA) is 92.8 Å². The van der Waals surface area contributed by atoms with Crippen LogP contribution in [0, 0.1) is 0 Å². The van der Waals surface area contributed by atoms with Gasteiger partial charge in [0, 0.05) is 22.8 Å². The maximum absolute atomic E-state index is 14.1. The van der Waals surface area contributed by atoms with Crippen LogP contribution >= 0.6 is 7.14 Å². The van der Waals surface area contributed by atoms with E-state index in [0.717, 1.165) is 0 Å². The first-order valence-electron chi connectivity index (χ1n) is 12.6. The van der Waals surface area contributed by atoms with E-state index in [2.05, 4.69) is 5.32 Å². The minimum Gasteiger partial charge on any atom is -0.494 e. The number of hydrogen-bond acceptors (Lipinski definition) is 5. The summed E-state index contributed by atoms with van der Waals surface area (Å²) in [5.41, 5.74) is 1.43. The van der Waals surface area contributed by atoms with Crippen LogP contribution in [0.3, 0.4) is 0 Å². The molecule has 0 unspecified atom stereocenters. The Hall–Kier alpha value is -4.48. The van der Waals surface area contributed by atoms with Gasteiger partial charge in [0.05, 0.1) is 23.9 Å². The summed E-state index contributed by atoms with van der Waals surface area (Å²) < 4.78 is 19.9. The largest absolute Gasteiger partial charge is 0.494 e. The average molecular weight is 539 g/mol. The lowest BCUT2D eigenvalue weighted by molar-refractivity contribution is -0.113. The third-order valence-corrected chi connectivity index (χ3v) is 9.52. The number of anilines is 1. The number of fused-ring (bicyclic) bond motifs is 1. The van der Waals surface area contributed by atoms with Crippen LogP contribution in [0.2, 0.25) is 0 Å². The van der Waals surface area contributed by atoms with Crippen molar-refractivity contribution in [3.63, 3.8) is 0 Å². The molecule has 8 heteroatoms. The Morgan fingerprint density at radius 1 is 0.718 bits per heavy atom. The zero-order valence-corrected chi connectivity index (χ0v) is 22.1. The molecule has 3 amide bonds. The molecule has 1 heterocycles. The number of benzene rings is 4. The molecular weight excluding hydrogens is 511 g/mol. The van der Waals surface area contributed by atoms with Gasteiger partial charge in [0.2, 0.25) is 5.91 Å². The van der Waals surface area contributed by atoms with E-state index >= 15 is 0 Å². The van der Waals surface area contributed by atoms with Crippen LogP contribution in [0.4, 0.5) is 5.69 Å². The molecule has 0 aromatic heterocycles. The van der Waals surface area contributed by atoms with E-state index in [1.165, 1.54) is 4.90 Å². The van der Waals surface area contributed by atoms with Crippen LogP contribution in [0.1, 0.15) is 27.1 Å². The summed E-state index contributed by atoms with van der Waals surface area (Å²) in [5, 5.41) is 4.11. The number of rotatable bonds is 10. The molecule has 1 aliphatic heterocycles. The van der Waals surface area contributed by atoms with Gasteiger partial charge in [-0.15, -0.1) is 0 Å². The van der Waals surface area contributed by atoms with Crippen LogP contribution in [0.5, 0.6) is 5.75 Å². The highest BCUT2D eigenvalue weighted by atomic mass is 31.2. The molecule has 196 valence electrons. The number of nitrogens with zero attached hydrogens (tertiary/aromatic N) is 1. The lowest BCUT2D eigenvalue weighted by Gasteiger charge is -2.19. The Labute approximate surface area is 226 Å². The Balaban J connectivity index is 1.14. The number of nitrogens with one attached hydrogen (secondary N) is 1. The molecule has 0 saturated carbocycles. The molecular formula is C31H27N2O5P. The second kappa shape index (κ2) is 11.5. The first-order valence-corrected chi connectivity index (χ1v) is 14.5. The summed E-state index contributed by atoms with van der Waals surface area (Å²) in [4.78, 5) is 39.1. The molecule has 4 aromatic rings. The van der Waals surface area contributed by atoms with Crippen molar-refractivity contribution in [3.05, 3.63) is 120 Å². The summed E-state index contributed by atoms with van der Waals surface area (Å²) in [6.07, 6.45) is 0.329. The van der Waals surface area contributed by atoms with Crippen molar-refractivity contribution in [2.24, 2.45) is 0 Å². The second-order valence-electron chi connectivity index (χ2n) is 9.15. The molecule has 0 bridgehead atoms. The predicted octanol–water partition coefficient (Wildman–Crippen LogP) is 4.70. The third-order valence-electron chi connectivity index (χ3n) is 6.52. The number of hydrogen-bond donors (Lipinski definition) is 1. The monoisotopic (exact) mass is 538 g/mol. The molecule has 39 heavy (non-hydrogen) atoms. The maximum Gasteiger partial charge on any atom is 0.261 e. The number of amides is 3. The van der Waals surface area contributed by atoms with E-state index in [0.29, 0.717) is 46.2 Å². The first-order chi connectivity index (χ1) is 19.0. The smallest absolute Gasteiger partial charge is 0.261 e. The lowest BCUT2D eigenvalue weighted by atomic mass is 10.1. The molecule has 4 aromatic carbocycles. The van der Waals surface area contributed by atoms with Gasteiger partial charge in [-0.25, -0.2) is 0 Å². The predicted molar refractivity (Wildman–Crippen MR) is 152 cm³/mol. The van der Waals surface area contributed by atoms with Gasteiger partial charge in [0.25, 0.3) is 11.8 Å². The standard InChI is InChI=1S/C31H27N2O5P/c34-29(22-39(37,25-10-3-1-4-11-25)26-12-5-2-6-13-26)32-23-16-18-24(19-17-23)38-21-9-20-33-30(35)27-14-7-8-15-28(27)31(33)36/h1-8,10-19H,9,20-22H2,(H,32,34). The zero-order valence-electron chi connectivity index (χ0n) is 21.2. The number of ether oxygens (including phenoxy) is 1. The SMILES string of the molecule is O=C(CP(=O)(c1ccccc1)c1ccccc1)Nc1ccc(OCCCN2C(=O)c3ccccc3C2=O)cc1. The van der Waals surface area contributed by atoms with Gasteiger partial charge >= 0.3 is 0 Å². The Morgan fingerprint density at radius 2 is 1.23 bits per heavy atom. The van der Waals surface area contributed by atoms with Gasteiger partial charge in [-0.3, -0.25) is 19.3 Å². The minimum atomic E-state index is -3.17. The van der Waals surface area contributed by atoms with E-state index in [9.17, 15) is 18.9 Å². The molecule has 0 saturated heterocycles. The fraction of sp³-hybridized carbons (Fsp3) is 0.129. The summed E-state index contributed by atoms with van der Waals surface area (Å²) in [6.45, 7) is 0.583. The Morgan fingerprint density at radius 3 is 1.77 bits per heavy atom. The van der Waals surface area contributed by atoms with Crippen LogP contribution in [0.25, 0.3) is 0 Å². The quantitative estimate of drug-likeness (QED) is 0.180. The van der Waals surface area contributed by atoms with Crippen LogP contribution in [-0.4, -0.2) is 41.9 Å². The number of imide groups is 1. The maximum atomic E-state index is 14.1.